The molecule has 0 unspecified atom stereocenters. The van der Waals surface area contributed by atoms with E-state index in [2.05, 4.69) is 25.4 Å². The molecule has 0 spiro atoms. The minimum atomic E-state index is -4.31. The van der Waals surface area contributed by atoms with Crippen molar-refractivity contribution >= 4 is 11.6 Å². The lowest BCUT2D eigenvalue weighted by Crippen LogP contribution is -2.21. The van der Waals surface area contributed by atoms with Crippen LogP contribution in [0.15, 0.2) is 6.33 Å². The van der Waals surface area contributed by atoms with Gasteiger partial charge in [0.1, 0.15) is 24.6 Å². The van der Waals surface area contributed by atoms with Gasteiger partial charge in [-0.25, -0.2) is 15.8 Å². The number of alkyl halides is 3. The normalized spacial score (nSPS) is 11.8. The summed E-state index contributed by atoms with van der Waals surface area (Å²) >= 11 is 0. The van der Waals surface area contributed by atoms with Crippen molar-refractivity contribution in [3.8, 4) is 0 Å². The first-order valence-electron chi connectivity index (χ1n) is 6.05. The van der Waals surface area contributed by atoms with Gasteiger partial charge in [0.15, 0.2) is 0 Å². The second-order valence-electron chi connectivity index (χ2n) is 4.38. The zero-order valence-electron chi connectivity index (χ0n) is 11.3. The Balaban J connectivity index is 2.56. The molecule has 0 aliphatic carbocycles. The lowest BCUT2D eigenvalue weighted by molar-refractivity contribution is -0.172. The highest BCUT2D eigenvalue weighted by Crippen LogP contribution is 2.27. The van der Waals surface area contributed by atoms with Crippen LogP contribution in [0.1, 0.15) is 25.3 Å². The summed E-state index contributed by atoms with van der Waals surface area (Å²) in [5, 5.41) is 2.92. The summed E-state index contributed by atoms with van der Waals surface area (Å²) in [6.07, 6.45) is -2.99. The van der Waals surface area contributed by atoms with Gasteiger partial charge in [0, 0.05) is 12.1 Å². The van der Waals surface area contributed by atoms with Gasteiger partial charge >= 0.3 is 6.18 Å². The number of anilines is 2. The van der Waals surface area contributed by atoms with E-state index in [1.54, 1.807) is 0 Å². The fourth-order valence-electron chi connectivity index (χ4n) is 1.63. The summed E-state index contributed by atoms with van der Waals surface area (Å²) in [7, 11) is 0. The largest absolute Gasteiger partial charge is 0.411 e. The highest BCUT2D eigenvalue weighted by atomic mass is 19.4. The summed E-state index contributed by atoms with van der Waals surface area (Å²) in [4.78, 5) is 8.05. The number of nitrogens with two attached hydrogens (primary N) is 1. The zero-order chi connectivity index (χ0) is 15.2. The van der Waals surface area contributed by atoms with Crippen LogP contribution in [0.3, 0.4) is 0 Å². The summed E-state index contributed by atoms with van der Waals surface area (Å²) in [6.45, 7) is 2.74. The SMILES string of the molecule is CC(C)c1c(NN)ncnc1NCCOCC(F)(F)F. The number of ether oxygens (including phenoxy) is 1. The minimum Gasteiger partial charge on any atom is -0.370 e. The van der Waals surface area contributed by atoms with E-state index in [0.29, 0.717) is 11.6 Å². The summed E-state index contributed by atoms with van der Waals surface area (Å²) in [6, 6.07) is 0. The van der Waals surface area contributed by atoms with E-state index in [1.807, 2.05) is 13.8 Å². The van der Waals surface area contributed by atoms with Crippen LogP contribution in [-0.4, -0.2) is 35.9 Å². The smallest absolute Gasteiger partial charge is 0.370 e. The number of hydrazine groups is 1. The molecule has 0 saturated heterocycles. The average molecular weight is 293 g/mol. The van der Waals surface area contributed by atoms with E-state index in [4.69, 9.17) is 5.84 Å². The van der Waals surface area contributed by atoms with Gasteiger partial charge in [-0.05, 0) is 5.92 Å². The van der Waals surface area contributed by atoms with E-state index in [-0.39, 0.29) is 19.1 Å². The van der Waals surface area contributed by atoms with Gasteiger partial charge in [0.25, 0.3) is 0 Å². The molecule has 0 aliphatic heterocycles. The topological polar surface area (TPSA) is 85.1 Å². The number of nitrogen functional groups attached to an aromatic ring is 1. The molecule has 0 radical (unpaired) electrons. The standard InChI is InChI=1S/C11H18F3N5O/c1-7(2)8-9(17-6-18-10(8)19-15)16-3-4-20-5-11(12,13)14/h6-7H,3-5,15H2,1-2H3,(H2,16,17,18,19). The van der Waals surface area contributed by atoms with Crippen molar-refractivity contribution in [3.63, 3.8) is 0 Å². The number of rotatable bonds is 7. The van der Waals surface area contributed by atoms with E-state index >= 15 is 0 Å². The van der Waals surface area contributed by atoms with Gasteiger partial charge in [-0.2, -0.15) is 13.2 Å². The van der Waals surface area contributed by atoms with Crippen LogP contribution in [0.5, 0.6) is 0 Å². The summed E-state index contributed by atoms with van der Waals surface area (Å²) in [5.41, 5.74) is 3.24. The molecule has 114 valence electrons. The van der Waals surface area contributed by atoms with Crippen molar-refractivity contribution in [2.24, 2.45) is 5.84 Å². The molecule has 0 atom stereocenters. The van der Waals surface area contributed by atoms with Crippen molar-refractivity contribution in [2.75, 3.05) is 30.5 Å². The highest BCUT2D eigenvalue weighted by molar-refractivity contribution is 5.58. The molecule has 0 aliphatic rings. The first-order valence-corrected chi connectivity index (χ1v) is 6.05. The zero-order valence-corrected chi connectivity index (χ0v) is 11.3. The molecule has 1 heterocycles. The maximum Gasteiger partial charge on any atom is 0.411 e. The Hall–Kier alpha value is -1.61. The Bertz CT molecular complexity index is 425. The van der Waals surface area contributed by atoms with Crippen molar-refractivity contribution in [2.45, 2.75) is 25.9 Å². The van der Waals surface area contributed by atoms with E-state index in [9.17, 15) is 13.2 Å². The Morgan fingerprint density at radius 3 is 2.50 bits per heavy atom. The summed E-state index contributed by atoms with van der Waals surface area (Å²) in [5.74, 6) is 6.47. The molecule has 0 saturated carbocycles. The maximum absolute atomic E-state index is 11.9. The molecule has 1 aromatic heterocycles. The number of nitrogens with one attached hydrogen (secondary N) is 2. The summed E-state index contributed by atoms with van der Waals surface area (Å²) < 4.78 is 40.2. The molecular weight excluding hydrogens is 275 g/mol. The number of halogens is 3. The predicted octanol–water partition coefficient (Wildman–Crippen LogP) is 1.88. The van der Waals surface area contributed by atoms with E-state index in [1.165, 1.54) is 6.33 Å². The molecular formula is C11H18F3N5O. The molecule has 4 N–H and O–H groups in total. The third-order valence-electron chi connectivity index (χ3n) is 2.40. The third kappa shape index (κ3) is 5.17. The molecule has 0 fully saturated rings. The predicted molar refractivity (Wildman–Crippen MR) is 69.3 cm³/mol. The number of aromatic nitrogens is 2. The molecule has 0 bridgehead atoms. The molecule has 1 aromatic rings. The van der Waals surface area contributed by atoms with Crippen LogP contribution >= 0.6 is 0 Å². The van der Waals surface area contributed by atoms with Gasteiger partial charge in [-0.15, -0.1) is 0 Å². The Labute approximate surface area is 114 Å². The van der Waals surface area contributed by atoms with Crippen molar-refractivity contribution in [3.05, 3.63) is 11.9 Å². The van der Waals surface area contributed by atoms with Crippen LogP contribution in [0.25, 0.3) is 0 Å². The lowest BCUT2D eigenvalue weighted by Gasteiger charge is -2.16. The van der Waals surface area contributed by atoms with Crippen LogP contribution < -0.4 is 16.6 Å². The van der Waals surface area contributed by atoms with Crippen molar-refractivity contribution < 1.29 is 17.9 Å². The van der Waals surface area contributed by atoms with E-state index in [0.717, 1.165) is 5.56 Å². The minimum absolute atomic E-state index is 0.0769. The van der Waals surface area contributed by atoms with E-state index < -0.39 is 12.8 Å². The fourth-order valence-corrected chi connectivity index (χ4v) is 1.63. The van der Waals surface area contributed by atoms with Crippen LogP contribution in [0.4, 0.5) is 24.8 Å². The Morgan fingerprint density at radius 2 is 1.95 bits per heavy atom. The first kappa shape index (κ1) is 16.4. The molecule has 9 heteroatoms. The van der Waals surface area contributed by atoms with Gasteiger partial charge < -0.3 is 15.5 Å². The molecule has 0 aromatic carbocycles. The van der Waals surface area contributed by atoms with Gasteiger partial charge in [0.2, 0.25) is 0 Å². The monoisotopic (exact) mass is 293 g/mol. The first-order chi connectivity index (χ1) is 9.35. The molecule has 6 nitrogen and oxygen atoms in total. The van der Waals surface area contributed by atoms with Crippen LogP contribution in [0, 0.1) is 0 Å². The highest BCUT2D eigenvalue weighted by Gasteiger charge is 2.27. The Morgan fingerprint density at radius 1 is 1.30 bits per heavy atom. The average Bonchev–Trinajstić information content (AvgIpc) is 2.36. The van der Waals surface area contributed by atoms with Crippen molar-refractivity contribution in [1.82, 2.24) is 9.97 Å². The fraction of sp³-hybridized carbons (Fsp3) is 0.636. The van der Waals surface area contributed by atoms with Gasteiger partial charge in [-0.3, -0.25) is 0 Å². The molecule has 1 rings (SSSR count). The van der Waals surface area contributed by atoms with Crippen LogP contribution in [-0.2, 0) is 4.74 Å². The molecule has 0 amide bonds. The molecule has 20 heavy (non-hydrogen) atoms. The van der Waals surface area contributed by atoms with Gasteiger partial charge in [0.05, 0.1) is 6.61 Å². The van der Waals surface area contributed by atoms with Crippen LogP contribution in [0.2, 0.25) is 0 Å². The number of hydrogen-bond acceptors (Lipinski definition) is 6. The lowest BCUT2D eigenvalue weighted by atomic mass is 10.0. The quantitative estimate of drug-likeness (QED) is 0.404. The van der Waals surface area contributed by atoms with Gasteiger partial charge in [-0.1, -0.05) is 13.8 Å². The maximum atomic E-state index is 11.9. The van der Waals surface area contributed by atoms with Crippen molar-refractivity contribution in [1.29, 1.82) is 0 Å². The second-order valence-corrected chi connectivity index (χ2v) is 4.38. The number of nitrogens with zero attached hydrogens (tertiary/aromatic N) is 2. The Kier molecular flexibility index (Phi) is 5.96. The third-order valence-corrected chi connectivity index (χ3v) is 2.40. The second kappa shape index (κ2) is 7.25. The number of hydrogen-bond donors (Lipinski definition) is 3.